The highest BCUT2D eigenvalue weighted by atomic mass is 35.5. The monoisotopic (exact) mass is 429 g/mol. The summed E-state index contributed by atoms with van der Waals surface area (Å²) in [6.45, 7) is 4.37. The van der Waals surface area contributed by atoms with Gasteiger partial charge in [0.2, 0.25) is 5.91 Å². The van der Waals surface area contributed by atoms with E-state index < -0.39 is 12.0 Å². The van der Waals surface area contributed by atoms with Gasteiger partial charge in [0.1, 0.15) is 12.4 Å². The van der Waals surface area contributed by atoms with E-state index in [9.17, 15) is 14.9 Å². The highest BCUT2D eigenvalue weighted by Gasteiger charge is 2.37. The summed E-state index contributed by atoms with van der Waals surface area (Å²) in [5.74, 6) is 0.0791. The largest absolute Gasteiger partial charge is 0.449 e. The number of hydrogen-bond donors (Lipinski definition) is 2. The van der Waals surface area contributed by atoms with Gasteiger partial charge in [0.05, 0.1) is 35.5 Å². The molecule has 2 amide bonds. The van der Waals surface area contributed by atoms with Crippen LogP contribution in [0.5, 0.6) is 0 Å². The maximum Gasteiger partial charge on any atom is 0.404 e. The predicted octanol–water partition coefficient (Wildman–Crippen LogP) is 3.63. The van der Waals surface area contributed by atoms with Gasteiger partial charge in [-0.25, -0.2) is 9.78 Å². The standard InChI is InChI=1S/C21H24ClN5O3/c1-12(2)16(11-30-21(24)29)20(28)27-7-3-4-18(27)19-25-10-17(26-19)15-6-5-14(22)8-13(15)9-23/h5-6,8,10,12,16,18H,3-4,7,11H2,1-2H3,(H2,24,29)(H,25,26). The molecular weight excluding hydrogens is 406 g/mol. The van der Waals surface area contributed by atoms with Crippen molar-refractivity contribution in [2.45, 2.75) is 32.7 Å². The van der Waals surface area contributed by atoms with Crippen LogP contribution in [0, 0.1) is 23.2 Å². The van der Waals surface area contributed by atoms with Crippen molar-refractivity contribution in [3.63, 3.8) is 0 Å². The molecular formula is C21H24ClN5O3. The number of amides is 2. The third-order valence-corrected chi connectivity index (χ3v) is 5.60. The third kappa shape index (κ3) is 4.57. The van der Waals surface area contributed by atoms with Crippen molar-refractivity contribution in [1.29, 1.82) is 5.26 Å². The lowest BCUT2D eigenvalue weighted by molar-refractivity contribution is -0.139. The first kappa shape index (κ1) is 21.7. The number of rotatable bonds is 6. The molecule has 0 aliphatic carbocycles. The van der Waals surface area contributed by atoms with E-state index in [0.29, 0.717) is 34.2 Å². The predicted molar refractivity (Wildman–Crippen MR) is 111 cm³/mol. The lowest BCUT2D eigenvalue weighted by atomic mass is 9.95. The van der Waals surface area contributed by atoms with Crippen molar-refractivity contribution in [3.05, 3.63) is 40.8 Å². The number of aromatic nitrogens is 2. The van der Waals surface area contributed by atoms with Crippen molar-refractivity contribution in [3.8, 4) is 17.3 Å². The number of halogens is 1. The maximum absolute atomic E-state index is 13.2. The number of carbonyl (C=O) groups is 2. The van der Waals surface area contributed by atoms with Crippen molar-refractivity contribution in [1.82, 2.24) is 14.9 Å². The van der Waals surface area contributed by atoms with Crippen molar-refractivity contribution in [2.75, 3.05) is 13.2 Å². The van der Waals surface area contributed by atoms with Crippen molar-refractivity contribution >= 4 is 23.6 Å². The molecule has 1 saturated heterocycles. The number of nitrogens with one attached hydrogen (secondary N) is 1. The molecule has 2 aromatic rings. The molecule has 0 spiro atoms. The number of likely N-dealkylation sites (tertiary alicyclic amines) is 1. The molecule has 3 N–H and O–H groups in total. The van der Waals surface area contributed by atoms with E-state index >= 15 is 0 Å². The van der Waals surface area contributed by atoms with Gasteiger partial charge in [-0.2, -0.15) is 5.26 Å². The zero-order chi connectivity index (χ0) is 21.8. The summed E-state index contributed by atoms with van der Waals surface area (Å²) in [6.07, 6.45) is 2.39. The molecule has 1 aromatic heterocycles. The summed E-state index contributed by atoms with van der Waals surface area (Å²) in [4.78, 5) is 33.7. The van der Waals surface area contributed by atoms with Crippen LogP contribution >= 0.6 is 11.6 Å². The Morgan fingerprint density at radius 3 is 2.90 bits per heavy atom. The summed E-state index contributed by atoms with van der Waals surface area (Å²) < 4.78 is 4.91. The molecule has 30 heavy (non-hydrogen) atoms. The number of aromatic amines is 1. The number of nitriles is 1. The quantitative estimate of drug-likeness (QED) is 0.725. The number of hydrogen-bond acceptors (Lipinski definition) is 5. The van der Waals surface area contributed by atoms with Gasteiger partial charge in [-0.15, -0.1) is 0 Å². The fourth-order valence-electron chi connectivity index (χ4n) is 3.74. The number of carbonyl (C=O) groups excluding carboxylic acids is 2. The number of imidazole rings is 1. The summed E-state index contributed by atoms with van der Waals surface area (Å²) in [5.41, 5.74) is 6.91. The van der Waals surface area contributed by atoms with Crippen LogP contribution in [0.15, 0.2) is 24.4 Å². The van der Waals surface area contributed by atoms with Gasteiger partial charge in [-0.1, -0.05) is 31.5 Å². The number of H-pyrrole nitrogens is 1. The van der Waals surface area contributed by atoms with E-state index in [2.05, 4.69) is 16.0 Å². The van der Waals surface area contributed by atoms with Gasteiger partial charge in [0.25, 0.3) is 0 Å². The molecule has 0 saturated carbocycles. The van der Waals surface area contributed by atoms with E-state index in [-0.39, 0.29) is 24.5 Å². The molecule has 3 rings (SSSR count). The van der Waals surface area contributed by atoms with Gasteiger partial charge in [0, 0.05) is 17.1 Å². The molecule has 1 aliphatic heterocycles. The SMILES string of the molecule is CC(C)C(COC(N)=O)C(=O)N1CCCC1c1ncc(-c2ccc(Cl)cc2C#N)[nH]1. The molecule has 2 unspecified atom stereocenters. The van der Waals surface area contributed by atoms with Crippen LogP contribution in [-0.2, 0) is 9.53 Å². The first-order chi connectivity index (χ1) is 14.3. The molecule has 158 valence electrons. The highest BCUT2D eigenvalue weighted by Crippen LogP contribution is 2.34. The first-order valence-corrected chi connectivity index (χ1v) is 10.2. The van der Waals surface area contributed by atoms with Gasteiger partial charge in [-0.05, 0) is 30.9 Å². The molecule has 1 aromatic carbocycles. The second-order valence-electron chi connectivity index (χ2n) is 7.65. The zero-order valence-corrected chi connectivity index (χ0v) is 17.6. The van der Waals surface area contributed by atoms with E-state index in [0.717, 1.165) is 12.8 Å². The van der Waals surface area contributed by atoms with Crippen LogP contribution < -0.4 is 5.73 Å². The average Bonchev–Trinajstić information content (AvgIpc) is 3.36. The van der Waals surface area contributed by atoms with Crippen molar-refractivity contribution < 1.29 is 14.3 Å². The summed E-state index contributed by atoms with van der Waals surface area (Å²) in [7, 11) is 0. The van der Waals surface area contributed by atoms with E-state index in [1.54, 1.807) is 29.3 Å². The van der Waals surface area contributed by atoms with Crippen LogP contribution in [0.1, 0.15) is 44.1 Å². The van der Waals surface area contributed by atoms with Gasteiger partial charge in [0.15, 0.2) is 0 Å². The minimum Gasteiger partial charge on any atom is -0.449 e. The normalized spacial score (nSPS) is 17.0. The second-order valence-corrected chi connectivity index (χ2v) is 8.09. The Kier molecular flexibility index (Phi) is 6.63. The minimum atomic E-state index is -0.890. The van der Waals surface area contributed by atoms with Crippen LogP contribution in [0.25, 0.3) is 11.3 Å². The number of ether oxygens (including phenoxy) is 1. The smallest absolute Gasteiger partial charge is 0.404 e. The fourth-order valence-corrected chi connectivity index (χ4v) is 3.91. The molecule has 2 atom stereocenters. The molecule has 1 aliphatic rings. The lowest BCUT2D eigenvalue weighted by Gasteiger charge is -2.29. The minimum absolute atomic E-state index is 0.0162. The van der Waals surface area contributed by atoms with Gasteiger partial charge < -0.3 is 20.4 Å². The van der Waals surface area contributed by atoms with Crippen LogP contribution in [-0.4, -0.2) is 40.0 Å². The summed E-state index contributed by atoms with van der Waals surface area (Å²) in [5, 5.41) is 9.89. The number of nitrogens with zero attached hydrogens (tertiary/aromatic N) is 3. The van der Waals surface area contributed by atoms with E-state index in [4.69, 9.17) is 22.1 Å². The molecule has 1 fully saturated rings. The molecule has 0 radical (unpaired) electrons. The van der Waals surface area contributed by atoms with E-state index in [1.807, 2.05) is 13.8 Å². The Hall–Kier alpha value is -3.05. The Labute approximate surface area is 180 Å². The van der Waals surface area contributed by atoms with Gasteiger partial charge >= 0.3 is 6.09 Å². The second kappa shape index (κ2) is 9.18. The third-order valence-electron chi connectivity index (χ3n) is 5.37. The highest BCUT2D eigenvalue weighted by molar-refractivity contribution is 6.30. The fraction of sp³-hybridized carbons (Fsp3) is 0.429. The van der Waals surface area contributed by atoms with Gasteiger partial charge in [-0.3, -0.25) is 4.79 Å². The Bertz CT molecular complexity index is 981. The lowest BCUT2D eigenvalue weighted by Crippen LogP contribution is -2.40. The Morgan fingerprint density at radius 1 is 1.47 bits per heavy atom. The summed E-state index contributed by atoms with van der Waals surface area (Å²) in [6, 6.07) is 7.03. The van der Waals surface area contributed by atoms with Crippen molar-refractivity contribution in [2.24, 2.45) is 17.6 Å². The molecule has 0 bridgehead atoms. The first-order valence-electron chi connectivity index (χ1n) is 9.79. The zero-order valence-electron chi connectivity index (χ0n) is 16.9. The van der Waals surface area contributed by atoms with Crippen LogP contribution in [0.4, 0.5) is 4.79 Å². The molecule has 9 heteroatoms. The maximum atomic E-state index is 13.2. The average molecular weight is 430 g/mol. The molecule has 2 heterocycles. The Morgan fingerprint density at radius 2 is 2.23 bits per heavy atom. The van der Waals surface area contributed by atoms with E-state index in [1.165, 1.54) is 0 Å². The number of primary amides is 1. The Balaban J connectivity index is 1.83. The van der Waals surface area contributed by atoms with Crippen LogP contribution in [0.3, 0.4) is 0 Å². The molecule has 8 nitrogen and oxygen atoms in total. The van der Waals surface area contributed by atoms with Crippen LogP contribution in [0.2, 0.25) is 5.02 Å². The number of benzene rings is 1. The summed E-state index contributed by atoms with van der Waals surface area (Å²) >= 11 is 5.99. The number of nitrogens with two attached hydrogens (primary N) is 1. The topological polar surface area (TPSA) is 125 Å².